The number of nitrogens with zero attached hydrogens (tertiary/aromatic N) is 6. The fourth-order valence-corrected chi connectivity index (χ4v) is 12.2. The third-order valence-electron chi connectivity index (χ3n) is 17.2. The van der Waals surface area contributed by atoms with Crippen molar-refractivity contribution in [1.29, 1.82) is 0 Å². The number of carbonyl (C=O) groups excluding carboxylic acids is 2. The molecular weight excluding hydrogens is 939 g/mol. The molecule has 0 unspecified atom stereocenters. The molecule has 1 aliphatic carbocycles. The van der Waals surface area contributed by atoms with Crippen molar-refractivity contribution in [2.75, 3.05) is 95.5 Å². The zero-order chi connectivity index (χ0) is 52.9. The number of carboxylic acid groups (broad SMARTS) is 1. The molecule has 0 radical (unpaired) electrons. The summed E-state index contributed by atoms with van der Waals surface area (Å²) in [7, 11) is 1.67. The van der Waals surface area contributed by atoms with Crippen LogP contribution in [-0.2, 0) is 9.59 Å². The van der Waals surface area contributed by atoms with Crippen LogP contribution in [-0.4, -0.2) is 128 Å². The largest absolute Gasteiger partial charge is 0.497 e. The van der Waals surface area contributed by atoms with Gasteiger partial charge in [0, 0.05) is 82.7 Å². The quantitative estimate of drug-likeness (QED) is 0.0433. The first-order chi connectivity index (χ1) is 36.4. The van der Waals surface area contributed by atoms with Crippen LogP contribution in [0.15, 0.2) is 54.7 Å². The molecule has 5 aliphatic rings. The van der Waals surface area contributed by atoms with Gasteiger partial charge in [-0.25, -0.2) is 9.97 Å². The average Bonchev–Trinajstić information content (AvgIpc) is 4.27. The zero-order valence-corrected chi connectivity index (χ0v) is 46.8. The van der Waals surface area contributed by atoms with Crippen LogP contribution in [0.5, 0.6) is 11.6 Å². The Morgan fingerprint density at radius 3 is 2.05 bits per heavy atom. The molecule has 2 bridgehead atoms. The lowest BCUT2D eigenvalue weighted by Crippen LogP contribution is -2.67. The smallest absolute Gasteiger partial charge is 0.303 e. The summed E-state index contributed by atoms with van der Waals surface area (Å²) in [4.78, 5) is 55.1. The van der Waals surface area contributed by atoms with Crippen LogP contribution in [0, 0.1) is 24.2 Å². The maximum atomic E-state index is 15.0. The Morgan fingerprint density at radius 2 is 1.44 bits per heavy atom. The van der Waals surface area contributed by atoms with E-state index in [9.17, 15) is 19.5 Å². The third-order valence-corrected chi connectivity index (χ3v) is 17.2. The molecule has 2 amide bonds. The minimum Gasteiger partial charge on any atom is -0.497 e. The minimum absolute atomic E-state index is 0.000851. The second-order valence-corrected chi connectivity index (χ2v) is 23.9. The molecule has 75 heavy (non-hydrogen) atoms. The molecule has 1 aromatic carbocycles. The highest BCUT2D eigenvalue weighted by atomic mass is 16.5. The molecule has 0 spiro atoms. The molecule has 2 aromatic heterocycles. The molecule has 8 rings (SSSR count). The van der Waals surface area contributed by atoms with Gasteiger partial charge in [-0.1, -0.05) is 110 Å². The summed E-state index contributed by atoms with van der Waals surface area (Å²) < 4.78 is 13.2. The number of aromatic nitrogens is 2. The predicted molar refractivity (Wildman–Crippen MR) is 302 cm³/mol. The Balaban J connectivity index is 0.762. The number of carboxylic acids is 1. The number of rotatable bonds is 35. The van der Waals surface area contributed by atoms with E-state index >= 15 is 0 Å². The molecule has 13 heteroatoms. The van der Waals surface area contributed by atoms with Gasteiger partial charge in [0.1, 0.15) is 11.6 Å². The van der Waals surface area contributed by atoms with Crippen molar-refractivity contribution in [3.05, 3.63) is 71.5 Å². The molecule has 4 saturated heterocycles. The van der Waals surface area contributed by atoms with E-state index in [4.69, 9.17) is 14.5 Å². The van der Waals surface area contributed by atoms with E-state index in [1.54, 1.807) is 13.3 Å². The number of aryl methyl sites for hydroxylation is 1. The lowest BCUT2D eigenvalue weighted by Gasteiger charge is -2.50. The van der Waals surface area contributed by atoms with Gasteiger partial charge in [0.15, 0.2) is 0 Å². The van der Waals surface area contributed by atoms with Crippen molar-refractivity contribution < 1.29 is 33.4 Å². The number of pyridine rings is 2. The number of piperazine rings is 3. The molecule has 2 N–H and O–H groups in total. The summed E-state index contributed by atoms with van der Waals surface area (Å²) >= 11 is 0. The normalized spacial score (nSPS) is 19.2. The molecule has 1 atom stereocenters. The van der Waals surface area contributed by atoms with E-state index in [2.05, 4.69) is 33.9 Å². The summed E-state index contributed by atoms with van der Waals surface area (Å²) in [6, 6.07) is 15.6. The Labute approximate surface area is 451 Å². The molecule has 13 nitrogen and oxygen atoms in total. The van der Waals surface area contributed by atoms with Crippen molar-refractivity contribution >= 4 is 29.3 Å². The summed E-state index contributed by atoms with van der Waals surface area (Å²) in [5.41, 5.74) is 3.30. The molecule has 1 saturated carbocycles. The first kappa shape index (κ1) is 57.9. The van der Waals surface area contributed by atoms with Gasteiger partial charge in [-0.05, 0) is 105 Å². The van der Waals surface area contributed by atoms with Gasteiger partial charge >= 0.3 is 5.97 Å². The lowest BCUT2D eigenvalue weighted by atomic mass is 9.85. The van der Waals surface area contributed by atoms with Gasteiger partial charge in [0.25, 0.3) is 5.91 Å². The van der Waals surface area contributed by atoms with E-state index in [1.807, 2.05) is 60.4 Å². The average molecular weight is 1040 g/mol. The Bertz CT molecular complexity index is 2200. The number of unbranched alkanes of at least 4 members (excludes halogenated alkanes) is 14. The first-order valence-corrected chi connectivity index (χ1v) is 29.7. The van der Waals surface area contributed by atoms with Gasteiger partial charge in [-0.15, -0.1) is 0 Å². The summed E-state index contributed by atoms with van der Waals surface area (Å²) in [6.45, 7) is 19.0. The molecule has 4 aliphatic heterocycles. The van der Waals surface area contributed by atoms with Crippen molar-refractivity contribution in [1.82, 2.24) is 20.2 Å². The molecule has 5 fully saturated rings. The van der Waals surface area contributed by atoms with Crippen LogP contribution < -0.4 is 24.6 Å². The van der Waals surface area contributed by atoms with Crippen LogP contribution in [0.25, 0.3) is 0 Å². The molecule has 414 valence electrons. The number of nitrogens with one attached hydrogen (secondary N) is 1. The first-order valence-electron chi connectivity index (χ1n) is 29.7. The van der Waals surface area contributed by atoms with Crippen molar-refractivity contribution in [2.24, 2.45) is 17.3 Å². The SMILES string of the molecule is COc1ccc(C(=O)N(CC(C)(C)CCCCCCCCCCCCCCCCCC(=O)NCCC[N+]23CCN(CC2)CC3)c2cccc(C)n2)c(N2CCC(COc3cc([C@@H](CC(=O)O)C4CC4)ccn3)CC2)c1. The summed E-state index contributed by atoms with van der Waals surface area (Å²) in [6.07, 6.45) is 27.6. The number of hydrogen-bond acceptors (Lipinski definition) is 9. The van der Waals surface area contributed by atoms with Crippen LogP contribution in [0.1, 0.15) is 189 Å². The topological polar surface area (TPSA) is 137 Å². The number of quaternary nitrogens is 1. The van der Waals surface area contributed by atoms with E-state index in [0.717, 1.165) is 93.7 Å². The van der Waals surface area contributed by atoms with Gasteiger partial charge in [0.2, 0.25) is 11.8 Å². The fourth-order valence-electron chi connectivity index (χ4n) is 12.2. The predicted octanol–water partition coefficient (Wildman–Crippen LogP) is 12.0. The van der Waals surface area contributed by atoms with E-state index < -0.39 is 5.97 Å². The molecule has 3 aromatic rings. The minimum atomic E-state index is -0.769. The summed E-state index contributed by atoms with van der Waals surface area (Å²) in [5.74, 6) is 2.14. The number of amides is 2. The summed E-state index contributed by atoms with van der Waals surface area (Å²) in [5, 5.41) is 12.7. The van der Waals surface area contributed by atoms with Crippen LogP contribution >= 0.6 is 0 Å². The number of methoxy groups -OCH3 is 1. The highest BCUT2D eigenvalue weighted by Gasteiger charge is 2.38. The Morgan fingerprint density at radius 1 is 0.800 bits per heavy atom. The molecular formula is C62H96N7O6+. The molecule has 6 heterocycles. The number of piperidine rings is 1. The zero-order valence-electron chi connectivity index (χ0n) is 46.8. The van der Waals surface area contributed by atoms with Gasteiger partial charge < -0.3 is 29.3 Å². The van der Waals surface area contributed by atoms with Crippen molar-refractivity contribution in [3.8, 4) is 11.6 Å². The number of carbonyl (C=O) groups is 3. The number of aliphatic carboxylic acids is 1. The second kappa shape index (κ2) is 29.7. The number of hydrogen-bond donors (Lipinski definition) is 2. The van der Waals surface area contributed by atoms with E-state index in [-0.39, 0.29) is 29.6 Å². The highest BCUT2D eigenvalue weighted by Crippen LogP contribution is 2.45. The number of anilines is 2. The second-order valence-electron chi connectivity index (χ2n) is 23.9. The lowest BCUT2D eigenvalue weighted by molar-refractivity contribution is -0.941. The number of benzene rings is 1. The number of fused-ring (bicyclic) bond motifs is 3. The van der Waals surface area contributed by atoms with Crippen molar-refractivity contribution in [2.45, 2.75) is 174 Å². The van der Waals surface area contributed by atoms with E-state index in [1.165, 1.54) is 134 Å². The monoisotopic (exact) mass is 1030 g/mol. The maximum absolute atomic E-state index is 15.0. The Kier molecular flexibility index (Phi) is 22.9. The van der Waals surface area contributed by atoms with Gasteiger partial charge in [0.05, 0.1) is 57.6 Å². The standard InChI is InChI=1S/C62H95N7O6/c1-49-22-20-23-57(65-49)68(61(73)54-28-27-53(74-4)45-56(54)67-35-30-50(31-36-67)47-75-59-44-52(29-34-64-59)55(46-60(71)72)51-25-26-51)48-62(2,3)32-19-17-15-13-11-9-7-5-6-8-10-12-14-16-18-24-58(70)63-33-21-40-69-41-37-66(38-42-69)39-43-69/h20,22-23,27-29,34,44-45,50-51,55H,5-19,21,24-26,30-33,35-43,46-48H2,1-4H3,(H-,63,70,71,72)/p+1/t55-/m0/s1. The van der Waals surface area contributed by atoms with Gasteiger partial charge in [-0.3, -0.25) is 24.2 Å². The number of ether oxygens (including phenoxy) is 2. The fraction of sp³-hybridized carbons (Fsp3) is 0.694. The Hall–Kier alpha value is -4.75. The third kappa shape index (κ3) is 19.0. The van der Waals surface area contributed by atoms with E-state index in [0.29, 0.717) is 48.7 Å². The van der Waals surface area contributed by atoms with Gasteiger partial charge in [-0.2, -0.15) is 0 Å². The highest BCUT2D eigenvalue weighted by molar-refractivity contribution is 6.09. The van der Waals surface area contributed by atoms with Crippen LogP contribution in [0.3, 0.4) is 0 Å². The van der Waals surface area contributed by atoms with Crippen LogP contribution in [0.4, 0.5) is 11.5 Å². The maximum Gasteiger partial charge on any atom is 0.303 e. The van der Waals surface area contributed by atoms with Crippen molar-refractivity contribution in [3.63, 3.8) is 0 Å². The van der Waals surface area contributed by atoms with Crippen LogP contribution in [0.2, 0.25) is 0 Å².